The number of hydrogen-bond acceptors (Lipinski definition) is 2. The standard InChI is InChI=1S/C16H27F6NO2Si/c1-4-26(5-2,6-3)25-14(15(17,18)19,16(20,21)22)12-9-7-11(8-10-12)13(23)24/h11-12H,4-10H2,1-3H3,(H2,23,24). The summed E-state index contributed by atoms with van der Waals surface area (Å²) in [5.41, 5.74) is 0.968. The molecule has 0 aromatic rings. The van der Waals surface area contributed by atoms with Crippen molar-refractivity contribution in [3.05, 3.63) is 0 Å². The smallest absolute Gasteiger partial charge is 0.396 e. The molecular weight excluding hydrogens is 380 g/mol. The molecule has 0 radical (unpaired) electrons. The maximum Gasteiger partial charge on any atom is 0.425 e. The van der Waals surface area contributed by atoms with E-state index in [1.807, 2.05) is 0 Å². The first kappa shape index (κ1) is 23.3. The number of nitrogens with two attached hydrogens (primary N) is 1. The third-order valence-corrected chi connectivity index (χ3v) is 10.5. The van der Waals surface area contributed by atoms with E-state index in [0.717, 1.165) is 0 Å². The third-order valence-electron chi connectivity index (χ3n) is 5.86. The van der Waals surface area contributed by atoms with Crippen LogP contribution >= 0.6 is 0 Å². The van der Waals surface area contributed by atoms with Crippen LogP contribution in [0.2, 0.25) is 18.1 Å². The van der Waals surface area contributed by atoms with Gasteiger partial charge in [-0.05, 0) is 43.8 Å². The molecule has 0 bridgehead atoms. The molecule has 1 aliphatic rings. The summed E-state index contributed by atoms with van der Waals surface area (Å²) < 4.78 is 88.8. The van der Waals surface area contributed by atoms with Gasteiger partial charge in [-0.3, -0.25) is 4.79 Å². The zero-order valence-electron chi connectivity index (χ0n) is 15.3. The summed E-state index contributed by atoms with van der Waals surface area (Å²) in [6, 6.07) is 0.514. The Kier molecular flexibility index (Phi) is 7.23. The number of hydrogen-bond donors (Lipinski definition) is 1. The largest absolute Gasteiger partial charge is 0.425 e. The fourth-order valence-corrected chi connectivity index (χ4v) is 6.93. The fourth-order valence-electron chi connectivity index (χ4n) is 3.92. The van der Waals surface area contributed by atoms with Crippen LogP contribution in [0.25, 0.3) is 0 Å². The highest BCUT2D eigenvalue weighted by Crippen LogP contribution is 2.56. The predicted molar refractivity (Wildman–Crippen MR) is 87.8 cm³/mol. The Morgan fingerprint density at radius 1 is 0.923 bits per heavy atom. The molecule has 0 unspecified atom stereocenters. The van der Waals surface area contributed by atoms with Crippen molar-refractivity contribution >= 4 is 14.2 Å². The second-order valence-electron chi connectivity index (χ2n) is 7.03. The number of alkyl halides is 6. The molecule has 154 valence electrons. The van der Waals surface area contributed by atoms with Gasteiger partial charge in [0.25, 0.3) is 5.60 Å². The van der Waals surface area contributed by atoms with Gasteiger partial charge in [-0.25, -0.2) is 0 Å². The summed E-state index contributed by atoms with van der Waals surface area (Å²) in [7, 11) is -3.23. The molecule has 1 fully saturated rings. The van der Waals surface area contributed by atoms with Crippen LogP contribution in [-0.4, -0.2) is 32.2 Å². The highest BCUT2D eigenvalue weighted by molar-refractivity contribution is 6.73. The van der Waals surface area contributed by atoms with Gasteiger partial charge in [0.15, 0.2) is 8.32 Å². The van der Waals surface area contributed by atoms with Crippen LogP contribution in [0.3, 0.4) is 0 Å². The molecule has 0 saturated heterocycles. The van der Waals surface area contributed by atoms with Crippen molar-refractivity contribution in [2.24, 2.45) is 17.6 Å². The predicted octanol–water partition coefficient (Wildman–Crippen LogP) is 5.16. The van der Waals surface area contributed by atoms with Crippen molar-refractivity contribution in [2.75, 3.05) is 0 Å². The van der Waals surface area contributed by atoms with Crippen LogP contribution in [0.5, 0.6) is 0 Å². The van der Waals surface area contributed by atoms with Crippen molar-refractivity contribution in [1.29, 1.82) is 0 Å². The maximum atomic E-state index is 13.9. The first-order valence-electron chi connectivity index (χ1n) is 8.93. The molecule has 0 spiro atoms. The number of halogens is 6. The van der Waals surface area contributed by atoms with Crippen LogP contribution in [0.4, 0.5) is 26.3 Å². The highest BCUT2D eigenvalue weighted by Gasteiger charge is 2.76. The molecule has 1 rings (SSSR count). The van der Waals surface area contributed by atoms with Crippen LogP contribution < -0.4 is 5.73 Å². The van der Waals surface area contributed by atoms with Gasteiger partial charge < -0.3 is 10.2 Å². The van der Waals surface area contributed by atoms with Crippen LogP contribution in [0.15, 0.2) is 0 Å². The Balaban J connectivity index is 3.40. The molecule has 0 aromatic heterocycles. The summed E-state index contributed by atoms with van der Waals surface area (Å²) in [5.74, 6) is -3.14. The van der Waals surface area contributed by atoms with Gasteiger partial charge in [-0.1, -0.05) is 20.8 Å². The first-order valence-corrected chi connectivity index (χ1v) is 11.5. The summed E-state index contributed by atoms with van der Waals surface area (Å²) in [4.78, 5) is 11.2. The second kappa shape index (κ2) is 8.08. The van der Waals surface area contributed by atoms with Gasteiger partial charge in [0.2, 0.25) is 5.91 Å². The maximum absolute atomic E-state index is 13.9. The molecule has 1 saturated carbocycles. The lowest BCUT2D eigenvalue weighted by molar-refractivity contribution is -0.380. The Morgan fingerprint density at radius 3 is 1.58 bits per heavy atom. The molecule has 0 aromatic carbocycles. The lowest BCUT2D eigenvalue weighted by Gasteiger charge is -2.49. The molecule has 1 amide bonds. The van der Waals surface area contributed by atoms with Crippen molar-refractivity contribution in [2.45, 2.75) is 82.5 Å². The van der Waals surface area contributed by atoms with Crippen molar-refractivity contribution in [3.8, 4) is 0 Å². The lowest BCUT2D eigenvalue weighted by atomic mass is 9.72. The van der Waals surface area contributed by atoms with E-state index in [4.69, 9.17) is 10.2 Å². The Labute approximate surface area is 150 Å². The Morgan fingerprint density at radius 2 is 1.31 bits per heavy atom. The van der Waals surface area contributed by atoms with Gasteiger partial charge >= 0.3 is 12.4 Å². The summed E-state index contributed by atoms with van der Waals surface area (Å²) >= 11 is 0. The minimum Gasteiger partial charge on any atom is -0.396 e. The SMILES string of the molecule is CC[Si](CC)(CC)OC(C1CCC(C(N)=O)CC1)(C(F)(F)F)C(F)(F)F. The number of primary amides is 1. The Bertz CT molecular complexity index is 460. The van der Waals surface area contributed by atoms with Gasteiger partial charge in [0.1, 0.15) is 0 Å². The number of rotatable bonds is 7. The number of carbonyl (C=O) groups excluding carboxylic acids is 1. The lowest BCUT2D eigenvalue weighted by Crippen LogP contribution is -2.68. The van der Waals surface area contributed by atoms with E-state index in [1.54, 1.807) is 20.8 Å². The Hall–Kier alpha value is -0.773. The molecule has 2 N–H and O–H groups in total. The molecule has 26 heavy (non-hydrogen) atoms. The van der Waals surface area contributed by atoms with Crippen LogP contribution in [0, 0.1) is 11.8 Å². The zero-order valence-corrected chi connectivity index (χ0v) is 16.3. The average molecular weight is 407 g/mol. The number of carbonyl (C=O) groups is 1. The molecule has 0 aliphatic heterocycles. The first-order chi connectivity index (χ1) is 11.8. The summed E-state index contributed by atoms with van der Waals surface area (Å²) in [6.45, 7) is 4.75. The monoisotopic (exact) mass is 407 g/mol. The van der Waals surface area contributed by atoms with Crippen LogP contribution in [0.1, 0.15) is 46.5 Å². The fraction of sp³-hybridized carbons (Fsp3) is 0.938. The van der Waals surface area contributed by atoms with Crippen molar-refractivity contribution < 1.29 is 35.6 Å². The molecule has 3 nitrogen and oxygen atoms in total. The minimum atomic E-state index is -5.59. The van der Waals surface area contributed by atoms with Crippen molar-refractivity contribution in [1.82, 2.24) is 0 Å². The van der Waals surface area contributed by atoms with Crippen molar-refractivity contribution in [3.63, 3.8) is 0 Å². The molecule has 0 heterocycles. The van der Waals surface area contributed by atoms with Crippen LogP contribution in [-0.2, 0) is 9.22 Å². The highest BCUT2D eigenvalue weighted by atomic mass is 28.4. The topological polar surface area (TPSA) is 52.3 Å². The molecule has 10 heteroatoms. The van der Waals surface area contributed by atoms with E-state index in [1.165, 1.54) is 0 Å². The van der Waals surface area contributed by atoms with E-state index >= 15 is 0 Å². The number of amides is 1. The van der Waals surface area contributed by atoms with E-state index in [0.29, 0.717) is 0 Å². The molecule has 0 atom stereocenters. The normalized spacial score (nSPS) is 23.1. The molecular formula is C16H27F6NO2Si. The second-order valence-corrected chi connectivity index (χ2v) is 11.7. The van der Waals surface area contributed by atoms with E-state index in [9.17, 15) is 31.1 Å². The summed E-state index contributed by atoms with van der Waals surface area (Å²) in [5, 5.41) is 0. The van der Waals surface area contributed by atoms with Gasteiger partial charge in [-0.2, -0.15) is 26.3 Å². The average Bonchev–Trinajstić information content (AvgIpc) is 2.54. The minimum absolute atomic E-state index is 0.0871. The van der Waals surface area contributed by atoms with Gasteiger partial charge in [-0.15, -0.1) is 0 Å². The quantitative estimate of drug-likeness (QED) is 0.468. The summed E-state index contributed by atoms with van der Waals surface area (Å²) in [6.07, 6.45) is -12.1. The van der Waals surface area contributed by atoms with E-state index < -0.39 is 56.9 Å². The van der Waals surface area contributed by atoms with Gasteiger partial charge in [0.05, 0.1) is 0 Å². The molecule has 1 aliphatic carbocycles. The van der Waals surface area contributed by atoms with E-state index in [2.05, 4.69) is 0 Å². The van der Waals surface area contributed by atoms with E-state index in [-0.39, 0.29) is 31.0 Å². The third kappa shape index (κ3) is 4.21. The van der Waals surface area contributed by atoms with Gasteiger partial charge in [0, 0.05) is 11.8 Å². The zero-order chi connectivity index (χ0) is 20.4.